The Hall–Kier alpha value is -0.810. The summed E-state index contributed by atoms with van der Waals surface area (Å²) in [5.41, 5.74) is 5.05. The molecule has 19 heavy (non-hydrogen) atoms. The van der Waals surface area contributed by atoms with Gasteiger partial charge in [0.15, 0.2) is 0 Å². The van der Waals surface area contributed by atoms with Crippen molar-refractivity contribution in [1.29, 1.82) is 0 Å². The van der Waals surface area contributed by atoms with Crippen LogP contribution in [0.4, 0.5) is 4.79 Å². The van der Waals surface area contributed by atoms with E-state index in [1.165, 1.54) is 0 Å². The number of nitrogens with two attached hydrogens (primary N) is 1. The minimum atomic E-state index is -0.405. The fraction of sp³-hybridized carbons (Fsp3) is 0.929. The van der Waals surface area contributed by atoms with E-state index in [-0.39, 0.29) is 6.09 Å². The zero-order valence-corrected chi connectivity index (χ0v) is 12.6. The molecule has 0 aromatic rings. The Morgan fingerprint density at radius 1 is 1.37 bits per heavy atom. The topological polar surface area (TPSA) is 67.6 Å². The molecule has 1 fully saturated rings. The summed E-state index contributed by atoms with van der Waals surface area (Å²) in [5, 5.41) is 3.42. The van der Waals surface area contributed by atoms with Crippen molar-refractivity contribution in [2.24, 2.45) is 11.7 Å². The fourth-order valence-electron chi connectivity index (χ4n) is 2.18. The van der Waals surface area contributed by atoms with Gasteiger partial charge in [0.2, 0.25) is 0 Å². The van der Waals surface area contributed by atoms with Crippen LogP contribution in [0.3, 0.4) is 0 Å². The molecule has 5 nitrogen and oxygen atoms in total. The molecule has 3 N–H and O–H groups in total. The van der Waals surface area contributed by atoms with Gasteiger partial charge in [-0.1, -0.05) is 0 Å². The molecule has 0 aromatic heterocycles. The first kappa shape index (κ1) is 16.2. The lowest BCUT2D eigenvalue weighted by Crippen LogP contribution is -2.43. The molecular formula is C14H29N3O2. The standard InChI is InChI=1S/C14H29N3O2/c1-14(2,3)19-13(18)17-9-5-12(6-10-17)11-16-8-4-7-15/h12,16H,4-11,15H2,1-3H3. The Balaban J connectivity index is 2.19. The highest BCUT2D eigenvalue weighted by molar-refractivity contribution is 5.68. The normalized spacial score (nSPS) is 17.6. The smallest absolute Gasteiger partial charge is 0.410 e. The molecule has 0 saturated carbocycles. The molecule has 0 aliphatic carbocycles. The highest BCUT2D eigenvalue weighted by Gasteiger charge is 2.26. The van der Waals surface area contributed by atoms with Crippen molar-refractivity contribution in [1.82, 2.24) is 10.2 Å². The van der Waals surface area contributed by atoms with Crippen LogP contribution in [-0.4, -0.2) is 49.3 Å². The van der Waals surface area contributed by atoms with Gasteiger partial charge in [-0.15, -0.1) is 0 Å². The van der Waals surface area contributed by atoms with Gasteiger partial charge in [-0.05, 0) is 65.6 Å². The van der Waals surface area contributed by atoms with Crippen LogP contribution in [0.5, 0.6) is 0 Å². The van der Waals surface area contributed by atoms with Crippen molar-refractivity contribution >= 4 is 6.09 Å². The summed E-state index contributed by atoms with van der Waals surface area (Å²) < 4.78 is 5.38. The number of amides is 1. The summed E-state index contributed by atoms with van der Waals surface area (Å²) in [5.74, 6) is 0.663. The van der Waals surface area contributed by atoms with Crippen LogP contribution in [0, 0.1) is 5.92 Å². The lowest BCUT2D eigenvalue weighted by atomic mass is 9.97. The molecule has 0 bridgehead atoms. The quantitative estimate of drug-likeness (QED) is 0.745. The lowest BCUT2D eigenvalue weighted by Gasteiger charge is -2.33. The molecule has 0 radical (unpaired) electrons. The summed E-state index contributed by atoms with van der Waals surface area (Å²) in [6, 6.07) is 0. The van der Waals surface area contributed by atoms with E-state index < -0.39 is 5.60 Å². The number of likely N-dealkylation sites (tertiary alicyclic amines) is 1. The van der Waals surface area contributed by atoms with Crippen LogP contribution in [-0.2, 0) is 4.74 Å². The number of hydrogen-bond acceptors (Lipinski definition) is 4. The van der Waals surface area contributed by atoms with E-state index in [0.717, 1.165) is 52.0 Å². The van der Waals surface area contributed by atoms with Gasteiger partial charge in [0, 0.05) is 13.1 Å². The van der Waals surface area contributed by atoms with Gasteiger partial charge < -0.3 is 20.7 Å². The third kappa shape index (κ3) is 6.78. The van der Waals surface area contributed by atoms with Gasteiger partial charge in [-0.2, -0.15) is 0 Å². The van der Waals surface area contributed by atoms with Crippen molar-refractivity contribution < 1.29 is 9.53 Å². The molecule has 5 heteroatoms. The monoisotopic (exact) mass is 271 g/mol. The van der Waals surface area contributed by atoms with E-state index >= 15 is 0 Å². The van der Waals surface area contributed by atoms with E-state index in [2.05, 4.69) is 5.32 Å². The number of carbonyl (C=O) groups excluding carboxylic acids is 1. The number of piperidine rings is 1. The fourth-order valence-corrected chi connectivity index (χ4v) is 2.18. The second-order valence-electron chi connectivity index (χ2n) is 6.26. The molecule has 0 aromatic carbocycles. The molecule has 1 amide bonds. The SMILES string of the molecule is CC(C)(C)OC(=O)N1CCC(CNCCCN)CC1. The maximum absolute atomic E-state index is 11.9. The largest absolute Gasteiger partial charge is 0.444 e. The molecule has 1 saturated heterocycles. The molecule has 0 atom stereocenters. The molecule has 0 unspecified atom stereocenters. The summed E-state index contributed by atoms with van der Waals surface area (Å²) >= 11 is 0. The molecule has 1 aliphatic heterocycles. The maximum Gasteiger partial charge on any atom is 0.410 e. The van der Waals surface area contributed by atoms with Crippen molar-refractivity contribution in [3.05, 3.63) is 0 Å². The van der Waals surface area contributed by atoms with Gasteiger partial charge in [0.05, 0.1) is 0 Å². The van der Waals surface area contributed by atoms with Crippen LogP contribution in [0.15, 0.2) is 0 Å². The average Bonchev–Trinajstić information content (AvgIpc) is 2.33. The number of nitrogens with zero attached hydrogens (tertiary/aromatic N) is 1. The second kappa shape index (κ2) is 7.70. The predicted octanol–water partition coefficient (Wildman–Crippen LogP) is 1.57. The lowest BCUT2D eigenvalue weighted by molar-refractivity contribution is 0.0184. The summed E-state index contributed by atoms with van der Waals surface area (Å²) in [4.78, 5) is 13.7. The summed E-state index contributed by atoms with van der Waals surface area (Å²) in [6.07, 6.45) is 2.95. The van der Waals surface area contributed by atoms with Gasteiger partial charge in [-0.3, -0.25) is 0 Å². The summed E-state index contributed by atoms with van der Waals surface area (Å²) in [6.45, 7) is 10.1. The zero-order valence-electron chi connectivity index (χ0n) is 12.6. The Kier molecular flexibility index (Phi) is 6.58. The van der Waals surface area contributed by atoms with Crippen LogP contribution < -0.4 is 11.1 Å². The molecule has 1 aliphatic rings. The number of rotatable bonds is 5. The summed E-state index contributed by atoms with van der Waals surface area (Å²) in [7, 11) is 0. The minimum absolute atomic E-state index is 0.179. The zero-order chi connectivity index (χ0) is 14.3. The molecule has 112 valence electrons. The number of hydrogen-bond donors (Lipinski definition) is 2. The van der Waals surface area contributed by atoms with Gasteiger partial charge in [0.1, 0.15) is 5.60 Å². The van der Waals surface area contributed by atoms with E-state index in [0.29, 0.717) is 5.92 Å². The first-order chi connectivity index (χ1) is 8.92. The Bertz CT molecular complexity index is 268. The molecule has 0 spiro atoms. The van der Waals surface area contributed by atoms with Crippen LogP contribution >= 0.6 is 0 Å². The number of nitrogens with one attached hydrogen (secondary N) is 1. The maximum atomic E-state index is 11.9. The van der Waals surface area contributed by atoms with Crippen LogP contribution in [0.1, 0.15) is 40.0 Å². The first-order valence-corrected chi connectivity index (χ1v) is 7.31. The van der Waals surface area contributed by atoms with Crippen molar-refractivity contribution in [2.75, 3.05) is 32.7 Å². The Morgan fingerprint density at radius 2 is 2.00 bits per heavy atom. The Morgan fingerprint density at radius 3 is 2.53 bits per heavy atom. The first-order valence-electron chi connectivity index (χ1n) is 7.31. The van der Waals surface area contributed by atoms with Gasteiger partial charge >= 0.3 is 6.09 Å². The minimum Gasteiger partial charge on any atom is -0.444 e. The van der Waals surface area contributed by atoms with E-state index in [4.69, 9.17) is 10.5 Å². The van der Waals surface area contributed by atoms with Crippen molar-refractivity contribution in [2.45, 2.75) is 45.6 Å². The molecular weight excluding hydrogens is 242 g/mol. The molecule has 1 rings (SSSR count). The van der Waals surface area contributed by atoms with Crippen LogP contribution in [0.2, 0.25) is 0 Å². The highest BCUT2D eigenvalue weighted by atomic mass is 16.6. The third-order valence-corrected chi connectivity index (χ3v) is 3.26. The third-order valence-electron chi connectivity index (χ3n) is 3.26. The van der Waals surface area contributed by atoms with Gasteiger partial charge in [0.25, 0.3) is 0 Å². The van der Waals surface area contributed by atoms with Gasteiger partial charge in [-0.25, -0.2) is 4.79 Å². The van der Waals surface area contributed by atoms with E-state index in [1.807, 2.05) is 25.7 Å². The Labute approximate surface area is 116 Å². The number of ether oxygens (including phenoxy) is 1. The van der Waals surface area contributed by atoms with Crippen LogP contribution in [0.25, 0.3) is 0 Å². The predicted molar refractivity (Wildman–Crippen MR) is 77.1 cm³/mol. The van der Waals surface area contributed by atoms with E-state index in [1.54, 1.807) is 0 Å². The van der Waals surface area contributed by atoms with Crippen molar-refractivity contribution in [3.63, 3.8) is 0 Å². The molecule has 1 heterocycles. The average molecular weight is 271 g/mol. The highest BCUT2D eigenvalue weighted by Crippen LogP contribution is 2.19. The number of carbonyl (C=O) groups is 1. The van der Waals surface area contributed by atoms with E-state index in [9.17, 15) is 4.79 Å². The second-order valence-corrected chi connectivity index (χ2v) is 6.26. The van der Waals surface area contributed by atoms with Crippen molar-refractivity contribution in [3.8, 4) is 0 Å².